The van der Waals surface area contributed by atoms with E-state index in [2.05, 4.69) is 27.4 Å². The van der Waals surface area contributed by atoms with Gasteiger partial charge in [-0.05, 0) is 31.6 Å². The van der Waals surface area contributed by atoms with E-state index in [1.54, 1.807) is 0 Å². The first kappa shape index (κ1) is 16.2. The molecule has 2 nitrogen and oxygen atoms in total. The summed E-state index contributed by atoms with van der Waals surface area (Å²) in [6.45, 7) is 12.2. The number of ether oxygens (including phenoxy) is 1. The number of unbranched alkanes of at least 4 members (excludes halogenated alkanes) is 2. The Morgan fingerprint density at radius 2 is 1.82 bits per heavy atom. The fourth-order valence-electron chi connectivity index (χ4n) is 1.64. The standard InChI is InChI=1S/C15H28O2/c1-6-9-10-11-14(8-3)17-15(16)13(5)12(4)7-2/h12,14H,5-11H2,1-4H3. The van der Waals surface area contributed by atoms with Crippen LogP contribution in [0.25, 0.3) is 0 Å². The maximum atomic E-state index is 11.8. The highest BCUT2D eigenvalue weighted by atomic mass is 16.5. The molecular formula is C15H28O2. The Labute approximate surface area is 106 Å². The van der Waals surface area contributed by atoms with Crippen molar-refractivity contribution in [1.29, 1.82) is 0 Å². The first-order valence-corrected chi connectivity index (χ1v) is 6.96. The van der Waals surface area contributed by atoms with Crippen molar-refractivity contribution < 1.29 is 9.53 Å². The molecule has 0 aromatic carbocycles. The molecule has 2 unspecified atom stereocenters. The van der Waals surface area contributed by atoms with Crippen LogP contribution >= 0.6 is 0 Å². The van der Waals surface area contributed by atoms with E-state index in [4.69, 9.17) is 4.74 Å². The highest BCUT2D eigenvalue weighted by Crippen LogP contribution is 2.17. The summed E-state index contributed by atoms with van der Waals surface area (Å²) in [5.74, 6) is 0.0124. The summed E-state index contributed by atoms with van der Waals surface area (Å²) >= 11 is 0. The van der Waals surface area contributed by atoms with Gasteiger partial charge < -0.3 is 4.74 Å². The molecule has 0 rings (SSSR count). The summed E-state index contributed by atoms with van der Waals surface area (Å²) in [4.78, 5) is 11.8. The van der Waals surface area contributed by atoms with E-state index in [0.717, 1.165) is 25.7 Å². The van der Waals surface area contributed by atoms with Crippen molar-refractivity contribution in [1.82, 2.24) is 0 Å². The van der Waals surface area contributed by atoms with E-state index >= 15 is 0 Å². The molecule has 100 valence electrons. The normalized spacial score (nSPS) is 14.1. The fourth-order valence-corrected chi connectivity index (χ4v) is 1.64. The van der Waals surface area contributed by atoms with Crippen LogP contribution in [0, 0.1) is 5.92 Å². The Bertz CT molecular complexity index is 233. The van der Waals surface area contributed by atoms with Gasteiger partial charge in [-0.3, -0.25) is 0 Å². The number of esters is 1. The van der Waals surface area contributed by atoms with Gasteiger partial charge >= 0.3 is 5.97 Å². The van der Waals surface area contributed by atoms with Gasteiger partial charge in [0.2, 0.25) is 0 Å². The second kappa shape index (κ2) is 9.26. The van der Waals surface area contributed by atoms with Gasteiger partial charge in [-0.2, -0.15) is 0 Å². The molecule has 0 radical (unpaired) electrons. The predicted molar refractivity (Wildman–Crippen MR) is 72.9 cm³/mol. The Morgan fingerprint density at radius 3 is 2.29 bits per heavy atom. The third-order valence-electron chi connectivity index (χ3n) is 3.33. The average Bonchev–Trinajstić information content (AvgIpc) is 2.35. The molecule has 0 fully saturated rings. The molecule has 0 aliphatic carbocycles. The van der Waals surface area contributed by atoms with Gasteiger partial charge in [0.1, 0.15) is 6.10 Å². The summed E-state index contributed by atoms with van der Waals surface area (Å²) in [5.41, 5.74) is 0.612. The smallest absolute Gasteiger partial charge is 0.333 e. The largest absolute Gasteiger partial charge is 0.459 e. The zero-order chi connectivity index (χ0) is 13.3. The maximum absolute atomic E-state index is 11.8. The lowest BCUT2D eigenvalue weighted by Crippen LogP contribution is -2.20. The van der Waals surface area contributed by atoms with E-state index in [1.165, 1.54) is 12.8 Å². The number of hydrogen-bond acceptors (Lipinski definition) is 2. The third-order valence-corrected chi connectivity index (χ3v) is 3.33. The first-order chi connectivity index (χ1) is 8.06. The van der Waals surface area contributed by atoms with E-state index in [-0.39, 0.29) is 18.0 Å². The summed E-state index contributed by atoms with van der Waals surface area (Å²) in [5, 5.41) is 0. The second-order valence-corrected chi connectivity index (χ2v) is 4.77. The van der Waals surface area contributed by atoms with Crippen LogP contribution in [0.2, 0.25) is 0 Å². The minimum atomic E-state index is -0.206. The Kier molecular flexibility index (Phi) is 8.83. The third kappa shape index (κ3) is 6.50. The zero-order valence-corrected chi connectivity index (χ0v) is 11.9. The van der Waals surface area contributed by atoms with Crippen LogP contribution in [-0.4, -0.2) is 12.1 Å². The van der Waals surface area contributed by atoms with Crippen LogP contribution in [0.4, 0.5) is 0 Å². The first-order valence-electron chi connectivity index (χ1n) is 6.96. The molecule has 0 heterocycles. The molecule has 0 saturated carbocycles. The number of rotatable bonds is 9. The number of carbonyl (C=O) groups is 1. The van der Waals surface area contributed by atoms with Crippen LogP contribution in [0.3, 0.4) is 0 Å². The molecule has 0 aliphatic heterocycles. The van der Waals surface area contributed by atoms with E-state index < -0.39 is 0 Å². The predicted octanol–water partition coefficient (Wildman–Crippen LogP) is 4.49. The Morgan fingerprint density at radius 1 is 1.18 bits per heavy atom. The molecule has 0 N–H and O–H groups in total. The van der Waals surface area contributed by atoms with Crippen LogP contribution in [0.1, 0.15) is 66.2 Å². The molecule has 2 heteroatoms. The van der Waals surface area contributed by atoms with Crippen molar-refractivity contribution >= 4 is 5.97 Å². The fraction of sp³-hybridized carbons (Fsp3) is 0.800. The van der Waals surface area contributed by atoms with Crippen LogP contribution in [-0.2, 0) is 9.53 Å². The molecule has 0 spiro atoms. The maximum Gasteiger partial charge on any atom is 0.333 e. The highest BCUT2D eigenvalue weighted by Gasteiger charge is 2.18. The molecule has 0 aromatic heterocycles. The molecule has 0 aromatic rings. The lowest BCUT2D eigenvalue weighted by molar-refractivity contribution is -0.145. The van der Waals surface area contributed by atoms with E-state index in [1.807, 2.05) is 6.92 Å². The molecule has 0 amide bonds. The number of hydrogen-bond donors (Lipinski definition) is 0. The molecule has 0 saturated heterocycles. The number of carbonyl (C=O) groups excluding carboxylic acids is 1. The molecule has 0 bridgehead atoms. The molecule has 0 aliphatic rings. The van der Waals surface area contributed by atoms with Crippen molar-refractivity contribution in [2.45, 2.75) is 72.3 Å². The summed E-state index contributed by atoms with van der Waals surface area (Å²) in [7, 11) is 0. The lowest BCUT2D eigenvalue weighted by atomic mass is 10.0. The SMILES string of the molecule is C=C(C(=O)OC(CC)CCCCC)C(C)CC. The van der Waals surface area contributed by atoms with E-state index in [0.29, 0.717) is 5.57 Å². The van der Waals surface area contributed by atoms with Crippen LogP contribution in [0.5, 0.6) is 0 Å². The van der Waals surface area contributed by atoms with Gasteiger partial charge in [-0.1, -0.05) is 47.1 Å². The quantitative estimate of drug-likeness (QED) is 0.337. The monoisotopic (exact) mass is 240 g/mol. The van der Waals surface area contributed by atoms with Crippen molar-refractivity contribution in [3.63, 3.8) is 0 Å². The average molecular weight is 240 g/mol. The molecular weight excluding hydrogens is 212 g/mol. The summed E-state index contributed by atoms with van der Waals surface area (Å²) in [6, 6.07) is 0. The van der Waals surface area contributed by atoms with Gasteiger partial charge in [0.05, 0.1) is 0 Å². The van der Waals surface area contributed by atoms with Crippen molar-refractivity contribution in [3.05, 3.63) is 12.2 Å². The van der Waals surface area contributed by atoms with Crippen molar-refractivity contribution in [2.75, 3.05) is 0 Å². The molecule has 2 atom stereocenters. The minimum Gasteiger partial charge on any atom is -0.459 e. The summed E-state index contributed by atoms with van der Waals surface area (Å²) < 4.78 is 5.49. The van der Waals surface area contributed by atoms with Crippen molar-refractivity contribution in [2.24, 2.45) is 5.92 Å². The second-order valence-electron chi connectivity index (χ2n) is 4.77. The Balaban J connectivity index is 4.09. The highest BCUT2D eigenvalue weighted by molar-refractivity contribution is 5.88. The van der Waals surface area contributed by atoms with Gasteiger partial charge in [0.25, 0.3) is 0 Å². The van der Waals surface area contributed by atoms with Gasteiger partial charge in [0.15, 0.2) is 0 Å². The van der Waals surface area contributed by atoms with Gasteiger partial charge in [-0.25, -0.2) is 4.79 Å². The molecule has 17 heavy (non-hydrogen) atoms. The van der Waals surface area contributed by atoms with Gasteiger partial charge in [-0.15, -0.1) is 0 Å². The van der Waals surface area contributed by atoms with E-state index in [9.17, 15) is 4.79 Å². The van der Waals surface area contributed by atoms with Crippen LogP contribution < -0.4 is 0 Å². The van der Waals surface area contributed by atoms with Crippen LogP contribution in [0.15, 0.2) is 12.2 Å². The van der Waals surface area contributed by atoms with Gasteiger partial charge in [0, 0.05) is 5.57 Å². The Hall–Kier alpha value is -0.790. The van der Waals surface area contributed by atoms with Crippen molar-refractivity contribution in [3.8, 4) is 0 Å². The lowest BCUT2D eigenvalue weighted by Gasteiger charge is -2.18. The zero-order valence-electron chi connectivity index (χ0n) is 11.9. The topological polar surface area (TPSA) is 26.3 Å². The minimum absolute atomic E-state index is 0.0647. The summed E-state index contributed by atoms with van der Waals surface area (Å²) in [6.07, 6.45) is 6.41.